The van der Waals surface area contributed by atoms with Gasteiger partial charge in [0.15, 0.2) is 0 Å². The van der Waals surface area contributed by atoms with Crippen molar-refractivity contribution in [1.82, 2.24) is 4.90 Å². The first-order valence-electron chi connectivity index (χ1n) is 5.34. The lowest BCUT2D eigenvalue weighted by Crippen LogP contribution is -2.35. The van der Waals surface area contributed by atoms with E-state index in [0.717, 1.165) is 36.9 Å². The van der Waals surface area contributed by atoms with E-state index >= 15 is 0 Å². The van der Waals surface area contributed by atoms with E-state index in [0.29, 0.717) is 0 Å². The SMILES string of the molecule is O=C(O)C1CCN(Cc2sccc2Br)CC1. The summed E-state index contributed by atoms with van der Waals surface area (Å²) in [5, 5.41) is 11.0. The zero-order valence-electron chi connectivity index (χ0n) is 8.86. The second-order valence-corrected chi connectivity index (χ2v) is 5.94. The maximum Gasteiger partial charge on any atom is 0.306 e. The Morgan fingerprint density at radius 1 is 1.56 bits per heavy atom. The van der Waals surface area contributed by atoms with Gasteiger partial charge in [0.1, 0.15) is 0 Å². The fourth-order valence-corrected chi connectivity index (χ4v) is 3.50. The summed E-state index contributed by atoms with van der Waals surface area (Å²) in [6.45, 7) is 2.72. The standard InChI is InChI=1S/C11H14BrNO2S/c12-9-3-6-16-10(9)7-13-4-1-8(2-5-13)11(14)15/h3,6,8H,1-2,4-5,7H2,(H,14,15). The van der Waals surface area contributed by atoms with Crippen molar-refractivity contribution < 1.29 is 9.90 Å². The Hall–Kier alpha value is -0.390. The van der Waals surface area contributed by atoms with E-state index in [1.807, 2.05) is 0 Å². The lowest BCUT2D eigenvalue weighted by atomic mass is 9.97. The number of nitrogens with zero attached hydrogens (tertiary/aromatic N) is 1. The first-order chi connectivity index (χ1) is 7.66. The van der Waals surface area contributed by atoms with Gasteiger partial charge in [-0.25, -0.2) is 0 Å². The smallest absolute Gasteiger partial charge is 0.306 e. The number of hydrogen-bond acceptors (Lipinski definition) is 3. The van der Waals surface area contributed by atoms with Crippen LogP contribution in [0, 0.1) is 5.92 Å². The monoisotopic (exact) mass is 303 g/mol. The molecule has 1 saturated heterocycles. The number of carbonyl (C=O) groups is 1. The summed E-state index contributed by atoms with van der Waals surface area (Å²) in [4.78, 5) is 14.5. The maximum atomic E-state index is 10.8. The van der Waals surface area contributed by atoms with Gasteiger partial charge in [-0.05, 0) is 53.3 Å². The highest BCUT2D eigenvalue weighted by Gasteiger charge is 2.24. The average molecular weight is 304 g/mol. The number of carboxylic acids is 1. The molecular formula is C11H14BrNO2S. The Kier molecular flexibility index (Phi) is 4.00. The number of thiophene rings is 1. The molecule has 1 aromatic heterocycles. The van der Waals surface area contributed by atoms with E-state index in [-0.39, 0.29) is 5.92 Å². The maximum absolute atomic E-state index is 10.8. The van der Waals surface area contributed by atoms with Crippen LogP contribution < -0.4 is 0 Å². The predicted molar refractivity (Wildman–Crippen MR) is 67.7 cm³/mol. The molecule has 0 aromatic carbocycles. The van der Waals surface area contributed by atoms with E-state index in [1.54, 1.807) is 11.3 Å². The normalized spacial score (nSPS) is 18.8. The first kappa shape index (κ1) is 12.1. The van der Waals surface area contributed by atoms with Crippen LogP contribution in [0.3, 0.4) is 0 Å². The lowest BCUT2D eigenvalue weighted by Gasteiger charge is -2.29. The third-order valence-electron chi connectivity index (χ3n) is 3.00. The van der Waals surface area contributed by atoms with Gasteiger partial charge in [-0.1, -0.05) is 0 Å². The molecule has 88 valence electrons. The zero-order valence-corrected chi connectivity index (χ0v) is 11.3. The van der Waals surface area contributed by atoms with Crippen LogP contribution in [0.1, 0.15) is 17.7 Å². The summed E-state index contributed by atoms with van der Waals surface area (Å²) in [5.74, 6) is -0.778. The summed E-state index contributed by atoms with van der Waals surface area (Å²) in [6, 6.07) is 2.06. The molecule has 0 bridgehead atoms. The molecule has 1 aliphatic rings. The molecule has 0 aliphatic carbocycles. The summed E-state index contributed by atoms with van der Waals surface area (Å²) < 4.78 is 1.16. The number of piperidine rings is 1. The summed E-state index contributed by atoms with van der Waals surface area (Å²) in [7, 11) is 0. The van der Waals surface area contributed by atoms with Gasteiger partial charge >= 0.3 is 5.97 Å². The average Bonchev–Trinajstić information content (AvgIpc) is 2.65. The molecule has 0 amide bonds. The van der Waals surface area contributed by atoms with E-state index in [9.17, 15) is 4.79 Å². The Balaban J connectivity index is 1.86. The van der Waals surface area contributed by atoms with Crippen molar-refractivity contribution in [3.63, 3.8) is 0 Å². The molecule has 0 radical (unpaired) electrons. The molecule has 0 unspecified atom stereocenters. The molecule has 0 saturated carbocycles. The van der Waals surface area contributed by atoms with Crippen molar-refractivity contribution in [2.45, 2.75) is 19.4 Å². The molecule has 1 aliphatic heterocycles. The minimum Gasteiger partial charge on any atom is -0.481 e. The van der Waals surface area contributed by atoms with Crippen LogP contribution in [0.4, 0.5) is 0 Å². The summed E-state index contributed by atoms with van der Waals surface area (Å²) >= 11 is 5.26. The van der Waals surface area contributed by atoms with Gasteiger partial charge in [0.25, 0.3) is 0 Å². The van der Waals surface area contributed by atoms with Gasteiger partial charge in [0.2, 0.25) is 0 Å². The topological polar surface area (TPSA) is 40.5 Å². The van der Waals surface area contributed by atoms with Crippen molar-refractivity contribution in [2.75, 3.05) is 13.1 Å². The Bertz CT molecular complexity index is 372. The van der Waals surface area contributed by atoms with Gasteiger partial charge in [0.05, 0.1) is 5.92 Å². The van der Waals surface area contributed by atoms with Crippen LogP contribution >= 0.6 is 27.3 Å². The number of halogens is 1. The van der Waals surface area contributed by atoms with Gasteiger partial charge in [0, 0.05) is 15.9 Å². The van der Waals surface area contributed by atoms with Crippen molar-refractivity contribution in [3.8, 4) is 0 Å². The van der Waals surface area contributed by atoms with E-state index in [4.69, 9.17) is 5.11 Å². The molecule has 2 heterocycles. The molecule has 2 rings (SSSR count). The molecular weight excluding hydrogens is 290 g/mol. The predicted octanol–water partition coefficient (Wildman–Crippen LogP) is 2.81. The molecule has 1 aromatic rings. The molecule has 1 N–H and O–H groups in total. The molecule has 16 heavy (non-hydrogen) atoms. The van der Waals surface area contributed by atoms with E-state index < -0.39 is 5.97 Å². The summed E-state index contributed by atoms with van der Waals surface area (Å²) in [6.07, 6.45) is 1.55. The molecule has 0 atom stereocenters. The zero-order chi connectivity index (χ0) is 11.5. The highest BCUT2D eigenvalue weighted by molar-refractivity contribution is 9.10. The minimum absolute atomic E-state index is 0.136. The molecule has 1 fully saturated rings. The lowest BCUT2D eigenvalue weighted by molar-refractivity contribution is -0.143. The van der Waals surface area contributed by atoms with Crippen LogP contribution in [0.25, 0.3) is 0 Å². The van der Waals surface area contributed by atoms with Crippen LogP contribution in [0.5, 0.6) is 0 Å². The largest absolute Gasteiger partial charge is 0.481 e. The van der Waals surface area contributed by atoms with Crippen LogP contribution in [0.15, 0.2) is 15.9 Å². The van der Waals surface area contributed by atoms with Crippen LogP contribution in [0.2, 0.25) is 0 Å². The number of likely N-dealkylation sites (tertiary alicyclic amines) is 1. The van der Waals surface area contributed by atoms with Crippen LogP contribution in [-0.2, 0) is 11.3 Å². The van der Waals surface area contributed by atoms with E-state index in [2.05, 4.69) is 32.3 Å². The van der Waals surface area contributed by atoms with Gasteiger partial charge in [-0.3, -0.25) is 9.69 Å². The van der Waals surface area contributed by atoms with Crippen molar-refractivity contribution in [1.29, 1.82) is 0 Å². The number of carboxylic acid groups (broad SMARTS) is 1. The number of aliphatic carboxylic acids is 1. The molecule has 5 heteroatoms. The van der Waals surface area contributed by atoms with E-state index in [1.165, 1.54) is 4.88 Å². The highest BCUT2D eigenvalue weighted by Crippen LogP contribution is 2.26. The Morgan fingerprint density at radius 3 is 2.75 bits per heavy atom. The Morgan fingerprint density at radius 2 is 2.25 bits per heavy atom. The third kappa shape index (κ3) is 2.84. The van der Waals surface area contributed by atoms with Crippen LogP contribution in [-0.4, -0.2) is 29.1 Å². The van der Waals surface area contributed by atoms with Gasteiger partial charge in [-0.15, -0.1) is 11.3 Å². The Labute approximate surface area is 107 Å². The quantitative estimate of drug-likeness (QED) is 0.933. The van der Waals surface area contributed by atoms with Gasteiger partial charge in [-0.2, -0.15) is 0 Å². The summed E-state index contributed by atoms with van der Waals surface area (Å²) in [5.41, 5.74) is 0. The minimum atomic E-state index is -0.642. The van der Waals surface area contributed by atoms with Crippen molar-refractivity contribution >= 4 is 33.2 Å². The molecule has 0 spiro atoms. The fraction of sp³-hybridized carbons (Fsp3) is 0.545. The van der Waals surface area contributed by atoms with Crippen molar-refractivity contribution in [2.24, 2.45) is 5.92 Å². The fourth-order valence-electron chi connectivity index (χ4n) is 1.98. The highest BCUT2D eigenvalue weighted by atomic mass is 79.9. The number of hydrogen-bond donors (Lipinski definition) is 1. The number of rotatable bonds is 3. The first-order valence-corrected chi connectivity index (χ1v) is 7.01. The van der Waals surface area contributed by atoms with Crippen molar-refractivity contribution in [3.05, 3.63) is 20.8 Å². The van der Waals surface area contributed by atoms with Gasteiger partial charge < -0.3 is 5.11 Å². The second-order valence-electron chi connectivity index (χ2n) is 4.08. The molecule has 3 nitrogen and oxygen atoms in total. The third-order valence-corrected chi connectivity index (χ3v) is 4.91. The second kappa shape index (κ2) is 5.29.